The highest BCUT2D eigenvalue weighted by Crippen LogP contribution is 2.84. The van der Waals surface area contributed by atoms with Gasteiger partial charge in [-0.3, -0.25) is 4.79 Å². The molecular formula is C39H62N2O4. The Hall–Kier alpha value is -1.24. The second-order valence-electron chi connectivity index (χ2n) is 17.2. The predicted molar refractivity (Wildman–Crippen MR) is 178 cm³/mol. The van der Waals surface area contributed by atoms with Crippen molar-refractivity contribution < 1.29 is 19.4 Å². The minimum Gasteiger partial charge on any atom is -0.481 e. The number of aldehydes is 1. The van der Waals surface area contributed by atoms with Gasteiger partial charge in [-0.15, -0.1) is 0 Å². The number of unbranched alkanes of at least 4 members (excludes halogenated alkanes) is 2. The molecule has 6 nitrogen and oxygen atoms in total. The SMILES string of the molecule is CCCCCC1CC(C23C[C@@H]4[C@H](C)CC[C@H]4C4(C=O)CC2C=C(C(C)C)C34C(=O)O)OC1CN1CCC(N2CCCCC2)CC1. The van der Waals surface area contributed by atoms with Gasteiger partial charge in [-0.05, 0) is 119 Å². The van der Waals surface area contributed by atoms with Crippen LogP contribution in [-0.4, -0.2) is 78.1 Å². The summed E-state index contributed by atoms with van der Waals surface area (Å²) in [4.78, 5) is 33.1. The maximum Gasteiger partial charge on any atom is 0.315 e. The fourth-order valence-corrected chi connectivity index (χ4v) is 13.1. The molecule has 7 aliphatic rings. The number of carbonyl (C=O) groups is 2. The lowest BCUT2D eigenvalue weighted by atomic mass is 9.41. The summed E-state index contributed by atoms with van der Waals surface area (Å²) in [5.41, 5.74) is -1.41. The average molecular weight is 623 g/mol. The second kappa shape index (κ2) is 12.3. The number of carbonyl (C=O) groups excluding carboxylic acids is 1. The number of hydrogen-bond donors (Lipinski definition) is 1. The van der Waals surface area contributed by atoms with Crippen molar-refractivity contribution in [2.75, 3.05) is 32.7 Å². The lowest BCUT2D eigenvalue weighted by molar-refractivity contribution is -0.197. The van der Waals surface area contributed by atoms with Gasteiger partial charge in [0.05, 0.1) is 17.6 Å². The minimum atomic E-state index is -1.13. The molecule has 0 spiro atoms. The Balaban J connectivity index is 1.19. The molecule has 0 aromatic carbocycles. The zero-order valence-electron chi connectivity index (χ0n) is 28.9. The van der Waals surface area contributed by atoms with Crippen molar-refractivity contribution in [2.45, 2.75) is 136 Å². The molecule has 7 unspecified atom stereocenters. The van der Waals surface area contributed by atoms with Crippen molar-refractivity contribution >= 4 is 12.3 Å². The van der Waals surface area contributed by atoms with Gasteiger partial charge in [0.25, 0.3) is 0 Å². The smallest absolute Gasteiger partial charge is 0.315 e. The number of ether oxygens (including phenoxy) is 1. The van der Waals surface area contributed by atoms with Crippen LogP contribution in [0.15, 0.2) is 11.6 Å². The van der Waals surface area contributed by atoms with E-state index >= 15 is 0 Å². The third-order valence-electron chi connectivity index (χ3n) is 15.0. The second-order valence-corrected chi connectivity index (χ2v) is 17.2. The molecule has 3 aliphatic heterocycles. The van der Waals surface area contributed by atoms with Crippen LogP contribution in [0.2, 0.25) is 0 Å². The van der Waals surface area contributed by atoms with E-state index in [9.17, 15) is 14.7 Å². The molecule has 252 valence electrons. The van der Waals surface area contributed by atoms with E-state index in [1.807, 2.05) is 0 Å². The lowest BCUT2D eigenvalue weighted by Crippen LogP contribution is -2.65. The number of allylic oxidation sites excluding steroid dienone is 1. The summed E-state index contributed by atoms with van der Waals surface area (Å²) >= 11 is 0. The van der Waals surface area contributed by atoms with Gasteiger partial charge in [-0.25, -0.2) is 0 Å². The summed E-state index contributed by atoms with van der Waals surface area (Å²) in [6.07, 6.45) is 19.8. The number of likely N-dealkylation sites (tertiary alicyclic amines) is 2. The maximum atomic E-state index is 14.1. The number of fused-ring (bicyclic) bond motifs is 2. The molecule has 3 saturated heterocycles. The van der Waals surface area contributed by atoms with Crippen LogP contribution in [0.3, 0.4) is 0 Å². The van der Waals surface area contributed by atoms with E-state index < -0.39 is 22.2 Å². The molecule has 3 saturated carbocycles. The molecule has 4 aliphatic carbocycles. The van der Waals surface area contributed by atoms with Gasteiger partial charge >= 0.3 is 5.97 Å². The van der Waals surface area contributed by atoms with Crippen LogP contribution in [0.5, 0.6) is 0 Å². The largest absolute Gasteiger partial charge is 0.481 e. The Kier molecular flexibility index (Phi) is 8.86. The molecule has 4 bridgehead atoms. The van der Waals surface area contributed by atoms with E-state index in [0.29, 0.717) is 24.2 Å². The van der Waals surface area contributed by atoms with Gasteiger partial charge in [0, 0.05) is 18.0 Å². The van der Waals surface area contributed by atoms with E-state index in [2.05, 4.69) is 43.6 Å². The molecule has 0 radical (unpaired) electrons. The fourth-order valence-electron chi connectivity index (χ4n) is 13.1. The number of carboxylic acids is 1. The van der Waals surface area contributed by atoms with Crippen molar-refractivity contribution in [3.05, 3.63) is 11.6 Å². The summed E-state index contributed by atoms with van der Waals surface area (Å²) < 4.78 is 7.40. The molecule has 7 rings (SSSR count). The summed E-state index contributed by atoms with van der Waals surface area (Å²) in [7, 11) is 0. The molecule has 45 heavy (non-hydrogen) atoms. The van der Waals surface area contributed by atoms with Gasteiger partial charge in [-0.1, -0.05) is 71.4 Å². The number of nitrogens with zero attached hydrogens (tertiary/aromatic N) is 2. The van der Waals surface area contributed by atoms with Crippen molar-refractivity contribution in [1.82, 2.24) is 9.80 Å². The Morgan fingerprint density at radius 2 is 1.82 bits per heavy atom. The van der Waals surface area contributed by atoms with E-state index in [4.69, 9.17) is 4.74 Å². The van der Waals surface area contributed by atoms with Crippen molar-refractivity contribution in [1.29, 1.82) is 0 Å². The molecule has 0 aromatic rings. The Bertz CT molecular complexity index is 1140. The normalized spacial score (nSPS) is 45.3. The van der Waals surface area contributed by atoms with Crippen molar-refractivity contribution in [2.24, 2.45) is 51.8 Å². The van der Waals surface area contributed by atoms with Crippen LogP contribution in [-0.2, 0) is 14.3 Å². The van der Waals surface area contributed by atoms with Gasteiger partial charge in [0.15, 0.2) is 0 Å². The number of carboxylic acid groups (broad SMARTS) is 1. The molecule has 0 aromatic heterocycles. The molecule has 10 atom stereocenters. The number of aliphatic carboxylic acids is 1. The van der Waals surface area contributed by atoms with E-state index in [0.717, 1.165) is 56.9 Å². The average Bonchev–Trinajstić information content (AvgIpc) is 3.75. The quantitative estimate of drug-likeness (QED) is 0.149. The van der Waals surface area contributed by atoms with Crippen LogP contribution >= 0.6 is 0 Å². The summed E-state index contributed by atoms with van der Waals surface area (Å²) in [5, 5.41) is 11.6. The van der Waals surface area contributed by atoms with Crippen molar-refractivity contribution in [3.63, 3.8) is 0 Å². The highest BCUT2D eigenvalue weighted by Gasteiger charge is 2.86. The summed E-state index contributed by atoms with van der Waals surface area (Å²) in [5.74, 6) is 1.10. The van der Waals surface area contributed by atoms with Gasteiger partial charge in [0.1, 0.15) is 11.7 Å². The Labute approximate surface area is 273 Å². The number of piperidine rings is 2. The number of hydrogen-bond acceptors (Lipinski definition) is 5. The van der Waals surface area contributed by atoms with Crippen LogP contribution in [0.4, 0.5) is 0 Å². The predicted octanol–water partition coefficient (Wildman–Crippen LogP) is 7.22. The van der Waals surface area contributed by atoms with Crippen molar-refractivity contribution in [3.8, 4) is 0 Å². The van der Waals surface area contributed by atoms with E-state index in [1.54, 1.807) is 0 Å². The molecular weight excluding hydrogens is 560 g/mol. The first-order chi connectivity index (χ1) is 21.7. The standard InChI is InChI=1S/C39H62N2O4/c1-5-6-8-11-28-20-35(45-34(28)24-40-18-14-30(15-19-40)41-16-9-7-10-17-41)38-23-31-27(4)12-13-32(31)37(25-42)22-29(38)21-33(26(2)3)39(37,38)36(43)44/h21,25-32,34-35H,5-20,22-24H2,1-4H3,(H,43,44)/t27-,28?,29?,31-,32-,34?,35?,37?,38?,39?/m1/s1. The topological polar surface area (TPSA) is 70.1 Å². The third kappa shape index (κ3) is 4.64. The molecule has 1 N–H and O–H groups in total. The monoisotopic (exact) mass is 622 g/mol. The molecule has 3 heterocycles. The highest BCUT2D eigenvalue weighted by atomic mass is 16.5. The Morgan fingerprint density at radius 3 is 2.49 bits per heavy atom. The Morgan fingerprint density at radius 1 is 1.07 bits per heavy atom. The van der Waals surface area contributed by atoms with E-state index in [1.165, 1.54) is 77.2 Å². The van der Waals surface area contributed by atoms with Crippen LogP contribution in [0.1, 0.15) is 118 Å². The highest BCUT2D eigenvalue weighted by molar-refractivity contribution is 5.90. The maximum absolute atomic E-state index is 14.1. The van der Waals surface area contributed by atoms with Crippen LogP contribution in [0, 0.1) is 51.8 Å². The lowest BCUT2D eigenvalue weighted by Gasteiger charge is -2.60. The molecule has 6 heteroatoms. The number of rotatable bonds is 11. The zero-order valence-corrected chi connectivity index (χ0v) is 28.9. The molecule has 6 fully saturated rings. The minimum absolute atomic E-state index is 0.0933. The summed E-state index contributed by atoms with van der Waals surface area (Å²) in [6.45, 7) is 14.8. The van der Waals surface area contributed by atoms with Gasteiger partial charge in [0.2, 0.25) is 0 Å². The zero-order chi connectivity index (χ0) is 31.6. The van der Waals surface area contributed by atoms with E-state index in [-0.39, 0.29) is 30.0 Å². The first-order valence-electron chi connectivity index (χ1n) is 19.3. The first-order valence-corrected chi connectivity index (χ1v) is 19.3. The first kappa shape index (κ1) is 32.3. The molecule has 0 amide bonds. The van der Waals surface area contributed by atoms with Gasteiger partial charge < -0.3 is 24.4 Å². The van der Waals surface area contributed by atoms with Gasteiger partial charge in [-0.2, -0.15) is 0 Å². The van der Waals surface area contributed by atoms with Crippen LogP contribution < -0.4 is 0 Å². The van der Waals surface area contributed by atoms with Crippen LogP contribution in [0.25, 0.3) is 0 Å². The fraction of sp³-hybridized carbons (Fsp3) is 0.897. The summed E-state index contributed by atoms with van der Waals surface area (Å²) in [6, 6.07) is 0.739. The third-order valence-corrected chi connectivity index (χ3v) is 15.0.